The van der Waals surface area contributed by atoms with Crippen LogP contribution in [0.1, 0.15) is 45.7 Å². The maximum absolute atomic E-state index is 11.6. The molecular weight excluding hydrogens is 291 g/mol. The quantitative estimate of drug-likeness (QED) is 0.487. The monoisotopic (exact) mass is 316 g/mol. The number of hydrogen-bond donors (Lipinski definition) is 0. The van der Waals surface area contributed by atoms with Gasteiger partial charge in [-0.3, -0.25) is 0 Å². The molecule has 124 valence electrons. The molecule has 1 aliphatic rings. The fraction of sp³-hybridized carbons (Fsp3) is 0.500. The minimum Gasteiger partial charge on any atom is -0.463 e. The zero-order valence-electron chi connectivity index (χ0n) is 14.8. The molecule has 1 aromatic carbocycles. The lowest BCUT2D eigenvalue weighted by Crippen LogP contribution is -2.41. The maximum Gasteiger partial charge on any atom is 0.495 e. The summed E-state index contributed by atoms with van der Waals surface area (Å²) in [6.07, 6.45) is 3.19. The number of carbonyl (C=O) groups excluding carboxylic acids is 1. The van der Waals surface area contributed by atoms with Crippen molar-refractivity contribution >= 4 is 24.6 Å². The third-order valence-corrected chi connectivity index (χ3v) is 4.44. The van der Waals surface area contributed by atoms with Crippen LogP contribution in [0.4, 0.5) is 0 Å². The second-order valence-corrected chi connectivity index (χ2v) is 6.81. The number of aryl methyl sites for hydroxylation is 1. The van der Waals surface area contributed by atoms with Crippen LogP contribution in [-0.4, -0.2) is 30.9 Å². The normalized spacial score (nSPS) is 19.3. The van der Waals surface area contributed by atoms with Crippen molar-refractivity contribution in [3.63, 3.8) is 0 Å². The summed E-state index contributed by atoms with van der Waals surface area (Å²) in [4.78, 5) is 11.6. The molecule has 1 aromatic rings. The van der Waals surface area contributed by atoms with Crippen LogP contribution in [0.15, 0.2) is 24.3 Å². The van der Waals surface area contributed by atoms with E-state index in [1.54, 1.807) is 13.0 Å². The van der Waals surface area contributed by atoms with E-state index in [1.165, 1.54) is 6.08 Å². The standard InChI is InChI=1S/C18H25BO4/c1-7-21-16(20)11-9-14-12-13(2)8-10-15(14)19-22-17(3,4)18(5,6)23-19/h8-12H,7H2,1-6H3/b11-9+. The van der Waals surface area contributed by atoms with E-state index in [1.807, 2.05) is 52.8 Å². The van der Waals surface area contributed by atoms with E-state index >= 15 is 0 Å². The molecule has 0 bridgehead atoms. The van der Waals surface area contributed by atoms with Gasteiger partial charge in [-0.05, 0) is 58.6 Å². The first-order valence-corrected chi connectivity index (χ1v) is 7.97. The van der Waals surface area contributed by atoms with Crippen molar-refractivity contribution in [2.24, 2.45) is 0 Å². The summed E-state index contributed by atoms with van der Waals surface area (Å²) in [6, 6.07) is 6.01. The van der Waals surface area contributed by atoms with Crippen molar-refractivity contribution in [1.82, 2.24) is 0 Å². The molecule has 0 atom stereocenters. The van der Waals surface area contributed by atoms with E-state index in [9.17, 15) is 4.79 Å². The van der Waals surface area contributed by atoms with Crippen molar-refractivity contribution in [2.45, 2.75) is 52.7 Å². The minimum atomic E-state index is -0.456. The van der Waals surface area contributed by atoms with Gasteiger partial charge in [-0.2, -0.15) is 0 Å². The van der Waals surface area contributed by atoms with Crippen molar-refractivity contribution < 1.29 is 18.8 Å². The molecule has 5 heteroatoms. The minimum absolute atomic E-state index is 0.353. The summed E-state index contributed by atoms with van der Waals surface area (Å²) in [6.45, 7) is 12.3. The lowest BCUT2D eigenvalue weighted by Gasteiger charge is -2.32. The van der Waals surface area contributed by atoms with Crippen LogP contribution in [0.2, 0.25) is 0 Å². The van der Waals surface area contributed by atoms with Crippen LogP contribution in [0.3, 0.4) is 0 Å². The second kappa shape index (κ2) is 6.50. The highest BCUT2D eigenvalue weighted by molar-refractivity contribution is 6.63. The summed E-state index contributed by atoms with van der Waals surface area (Å²) in [5.74, 6) is -0.353. The van der Waals surface area contributed by atoms with Gasteiger partial charge in [0.25, 0.3) is 0 Å². The van der Waals surface area contributed by atoms with Gasteiger partial charge in [0.1, 0.15) is 0 Å². The summed E-state index contributed by atoms with van der Waals surface area (Å²) in [7, 11) is -0.456. The van der Waals surface area contributed by atoms with Crippen molar-refractivity contribution in [2.75, 3.05) is 6.61 Å². The van der Waals surface area contributed by atoms with Crippen LogP contribution in [0, 0.1) is 6.92 Å². The SMILES string of the molecule is CCOC(=O)/C=C/c1cc(C)ccc1B1OC(C)(C)C(C)(C)O1. The van der Waals surface area contributed by atoms with Crippen LogP contribution >= 0.6 is 0 Å². The first-order valence-electron chi connectivity index (χ1n) is 7.97. The van der Waals surface area contributed by atoms with Crippen molar-refractivity contribution in [1.29, 1.82) is 0 Å². The topological polar surface area (TPSA) is 44.8 Å². The van der Waals surface area contributed by atoms with Gasteiger partial charge < -0.3 is 14.0 Å². The molecule has 0 N–H and O–H groups in total. The summed E-state index contributed by atoms with van der Waals surface area (Å²) in [5, 5.41) is 0. The fourth-order valence-electron chi connectivity index (χ4n) is 2.37. The van der Waals surface area contributed by atoms with Gasteiger partial charge in [0.2, 0.25) is 0 Å². The largest absolute Gasteiger partial charge is 0.495 e. The molecule has 0 saturated carbocycles. The molecule has 23 heavy (non-hydrogen) atoms. The molecular formula is C18H25BO4. The van der Waals surface area contributed by atoms with Crippen LogP contribution in [-0.2, 0) is 18.8 Å². The molecule has 1 saturated heterocycles. The zero-order valence-corrected chi connectivity index (χ0v) is 14.8. The Morgan fingerprint density at radius 1 is 1.22 bits per heavy atom. The Morgan fingerprint density at radius 2 is 1.83 bits per heavy atom. The van der Waals surface area contributed by atoms with Gasteiger partial charge in [0, 0.05) is 6.08 Å². The van der Waals surface area contributed by atoms with Gasteiger partial charge in [-0.1, -0.05) is 23.8 Å². The van der Waals surface area contributed by atoms with E-state index in [0.717, 1.165) is 16.6 Å². The number of benzene rings is 1. The molecule has 0 aromatic heterocycles. The third kappa shape index (κ3) is 3.85. The number of ether oxygens (including phenoxy) is 1. The Bertz CT molecular complexity index is 603. The molecule has 1 heterocycles. The highest BCUT2D eigenvalue weighted by atomic mass is 16.7. The van der Waals surface area contributed by atoms with E-state index in [4.69, 9.17) is 14.0 Å². The third-order valence-electron chi connectivity index (χ3n) is 4.44. The Hall–Kier alpha value is -1.59. The molecule has 2 rings (SSSR count). The van der Waals surface area contributed by atoms with Gasteiger partial charge in [-0.25, -0.2) is 4.79 Å². The fourth-order valence-corrected chi connectivity index (χ4v) is 2.37. The van der Waals surface area contributed by atoms with Crippen molar-refractivity contribution in [3.05, 3.63) is 35.4 Å². The number of carbonyl (C=O) groups is 1. The molecule has 0 unspecified atom stereocenters. The van der Waals surface area contributed by atoms with E-state index in [2.05, 4.69) is 0 Å². The number of hydrogen-bond acceptors (Lipinski definition) is 4. The molecule has 0 spiro atoms. The maximum atomic E-state index is 11.6. The second-order valence-electron chi connectivity index (χ2n) is 6.81. The zero-order chi connectivity index (χ0) is 17.3. The highest BCUT2D eigenvalue weighted by Crippen LogP contribution is 2.36. The highest BCUT2D eigenvalue weighted by Gasteiger charge is 2.52. The lowest BCUT2D eigenvalue weighted by molar-refractivity contribution is -0.137. The van der Waals surface area contributed by atoms with Crippen LogP contribution in [0.5, 0.6) is 0 Å². The van der Waals surface area contributed by atoms with Gasteiger partial charge in [0.05, 0.1) is 17.8 Å². The predicted molar refractivity (Wildman–Crippen MR) is 92.6 cm³/mol. The van der Waals surface area contributed by atoms with Gasteiger partial charge >= 0.3 is 13.1 Å². The van der Waals surface area contributed by atoms with E-state index in [0.29, 0.717) is 6.61 Å². The van der Waals surface area contributed by atoms with Gasteiger partial charge in [-0.15, -0.1) is 0 Å². The van der Waals surface area contributed by atoms with E-state index < -0.39 is 18.3 Å². The summed E-state index contributed by atoms with van der Waals surface area (Å²) < 4.78 is 17.2. The summed E-state index contributed by atoms with van der Waals surface area (Å²) in [5.41, 5.74) is 2.12. The Labute approximate surface area is 139 Å². The number of esters is 1. The molecule has 0 amide bonds. The smallest absolute Gasteiger partial charge is 0.463 e. The summed E-state index contributed by atoms with van der Waals surface area (Å²) >= 11 is 0. The van der Waals surface area contributed by atoms with E-state index in [-0.39, 0.29) is 5.97 Å². The molecule has 1 aliphatic heterocycles. The van der Waals surface area contributed by atoms with Crippen LogP contribution in [0.25, 0.3) is 6.08 Å². The lowest BCUT2D eigenvalue weighted by atomic mass is 9.75. The molecule has 0 radical (unpaired) electrons. The Kier molecular flexibility index (Phi) is 5.02. The average molecular weight is 316 g/mol. The van der Waals surface area contributed by atoms with Crippen LogP contribution < -0.4 is 5.46 Å². The number of rotatable bonds is 4. The molecule has 4 nitrogen and oxygen atoms in total. The average Bonchev–Trinajstić information content (AvgIpc) is 2.65. The first kappa shape index (κ1) is 17.8. The first-order chi connectivity index (χ1) is 10.7. The Balaban J connectivity index is 2.32. The van der Waals surface area contributed by atoms with Gasteiger partial charge in [0.15, 0.2) is 0 Å². The predicted octanol–water partition coefficient (Wildman–Crippen LogP) is 2.87. The van der Waals surface area contributed by atoms with Crippen molar-refractivity contribution in [3.8, 4) is 0 Å². The Morgan fingerprint density at radius 3 is 2.39 bits per heavy atom. The molecule has 1 fully saturated rings. The molecule has 0 aliphatic carbocycles.